The van der Waals surface area contributed by atoms with Crippen molar-refractivity contribution >= 4 is 21.7 Å². The van der Waals surface area contributed by atoms with Crippen molar-refractivity contribution in [2.24, 2.45) is 7.05 Å². The van der Waals surface area contributed by atoms with Crippen LogP contribution in [0.4, 0.5) is 0 Å². The summed E-state index contributed by atoms with van der Waals surface area (Å²) in [6.07, 6.45) is 13.5. The largest absolute Gasteiger partial charge is 1.00 e. The van der Waals surface area contributed by atoms with Crippen molar-refractivity contribution in [3.63, 3.8) is 0 Å². The minimum Gasteiger partial charge on any atom is -0.674 e. The molecule has 3 N–H and O–H groups in total. The van der Waals surface area contributed by atoms with Gasteiger partial charge in [0.25, 0.3) is 0 Å². The summed E-state index contributed by atoms with van der Waals surface area (Å²) in [4.78, 5) is 21.8. The zero-order valence-electron chi connectivity index (χ0n) is 21.4. The van der Waals surface area contributed by atoms with Crippen molar-refractivity contribution < 1.29 is 25.3 Å². The second-order valence-electron chi connectivity index (χ2n) is 9.33. The van der Waals surface area contributed by atoms with Gasteiger partial charge in [0, 0.05) is 47.8 Å². The second kappa shape index (κ2) is 12.9. The first-order chi connectivity index (χ1) is 17.5. The van der Waals surface area contributed by atoms with E-state index >= 15 is 0 Å². The summed E-state index contributed by atoms with van der Waals surface area (Å²) in [7, 11) is 1.86. The van der Waals surface area contributed by atoms with E-state index in [9.17, 15) is 4.79 Å². The Bertz CT molecular complexity index is 1620. The number of hydrogen-bond donors (Lipinski definition) is 0. The number of aromatic nitrogens is 4. The fourth-order valence-electron chi connectivity index (χ4n) is 4.69. The molecular formula is C30H31N5O2Os-. The maximum Gasteiger partial charge on any atom is 1.00 e. The van der Waals surface area contributed by atoms with E-state index in [4.69, 9.17) is 5.73 Å². The molecule has 0 saturated carbocycles. The van der Waals surface area contributed by atoms with Crippen LogP contribution in [0.25, 0.3) is 38.5 Å². The van der Waals surface area contributed by atoms with Crippen LogP contribution in [0.5, 0.6) is 0 Å². The topological polar surface area (TPSA) is 116 Å². The summed E-state index contributed by atoms with van der Waals surface area (Å²) in [6.45, 7) is 4.28. The summed E-state index contributed by atoms with van der Waals surface area (Å²) in [5.41, 5.74) is 14.3. The van der Waals surface area contributed by atoms with Gasteiger partial charge in [-0.25, -0.2) is 0 Å². The van der Waals surface area contributed by atoms with E-state index in [2.05, 4.69) is 28.1 Å². The molecule has 8 heteroatoms. The van der Waals surface area contributed by atoms with Crippen LogP contribution < -0.4 is 5.43 Å². The third-order valence-electron chi connectivity index (χ3n) is 6.66. The predicted molar refractivity (Wildman–Crippen MR) is 149 cm³/mol. The van der Waals surface area contributed by atoms with Crippen LogP contribution in [0.3, 0.4) is 0 Å². The summed E-state index contributed by atoms with van der Waals surface area (Å²) >= 11 is 0. The monoisotopic (exact) mass is 685 g/mol. The summed E-state index contributed by atoms with van der Waals surface area (Å²) in [5, 5.41) is 6.33. The number of nitrogens with one attached hydrogen (secondary N) is 1. The van der Waals surface area contributed by atoms with Crippen molar-refractivity contribution in [1.29, 1.82) is 0 Å². The van der Waals surface area contributed by atoms with Crippen LogP contribution >= 0.6 is 0 Å². The molecule has 3 aromatic heterocycles. The Morgan fingerprint density at radius 3 is 2.47 bits per heavy atom. The summed E-state index contributed by atoms with van der Waals surface area (Å²) in [5.74, 6) is 0. The quantitative estimate of drug-likeness (QED) is 0.183. The molecule has 0 aliphatic heterocycles. The molecule has 0 fully saturated rings. The van der Waals surface area contributed by atoms with Crippen LogP contribution in [0.1, 0.15) is 41.6 Å². The molecule has 0 amide bonds. The van der Waals surface area contributed by atoms with Gasteiger partial charge in [0.1, 0.15) is 0 Å². The number of rotatable bonds is 2. The van der Waals surface area contributed by atoms with Gasteiger partial charge in [-0.05, 0) is 54.2 Å². The van der Waals surface area contributed by atoms with Crippen LogP contribution in [0, 0.1) is 6.92 Å². The molecular weight excluding hydrogens is 653 g/mol. The Morgan fingerprint density at radius 2 is 1.71 bits per heavy atom. The molecule has 0 unspecified atom stereocenters. The van der Waals surface area contributed by atoms with E-state index in [1.54, 1.807) is 17.1 Å². The molecule has 1 radical (unpaired) electrons. The van der Waals surface area contributed by atoms with Gasteiger partial charge in [0.2, 0.25) is 0 Å². The maximum atomic E-state index is 12.9. The van der Waals surface area contributed by atoms with Gasteiger partial charge in [-0.15, -0.1) is 12.6 Å². The van der Waals surface area contributed by atoms with Crippen molar-refractivity contribution in [3.05, 3.63) is 113 Å². The molecule has 3 heterocycles. The fraction of sp³-hybridized carbons (Fsp3) is 0.233. The zero-order chi connectivity index (χ0) is 25.1. The average Bonchev–Trinajstić information content (AvgIpc) is 3.12. The average molecular weight is 684 g/mol. The number of benzene rings is 1. The Hall–Kier alpha value is -3.43. The van der Waals surface area contributed by atoms with Crippen molar-refractivity contribution in [2.45, 2.75) is 38.6 Å². The normalized spacial score (nSPS) is 12.4. The zero-order valence-corrected chi connectivity index (χ0v) is 23.9. The first-order valence-corrected chi connectivity index (χ1v) is 12.3. The van der Waals surface area contributed by atoms with Crippen LogP contribution in [-0.2, 0) is 46.2 Å². The molecule has 0 saturated heterocycles. The number of aryl methyl sites for hydroxylation is 3. The third kappa shape index (κ3) is 6.34. The van der Waals surface area contributed by atoms with E-state index in [0.29, 0.717) is 22.8 Å². The van der Waals surface area contributed by atoms with E-state index < -0.39 is 0 Å². The van der Waals surface area contributed by atoms with E-state index in [1.807, 2.05) is 55.8 Å². The SMILES string of the molecule is O.[CH2-]c1ccc2ccc3ncc(-c4cnn(C)c4)cc3c(=O)c2c1.[NH-]Cc1cnc2c(c1)CCCCC2.[Os+]. The van der Waals surface area contributed by atoms with Gasteiger partial charge in [-0.3, -0.25) is 19.4 Å². The third-order valence-corrected chi connectivity index (χ3v) is 6.66. The number of hydrogen-bond acceptors (Lipinski definition) is 4. The summed E-state index contributed by atoms with van der Waals surface area (Å²) in [6, 6.07) is 13.5. The predicted octanol–water partition coefficient (Wildman–Crippen LogP) is 5.41. The molecule has 197 valence electrons. The van der Waals surface area contributed by atoms with Gasteiger partial charge < -0.3 is 11.2 Å². The Balaban J connectivity index is 0.000000229. The smallest absolute Gasteiger partial charge is 0.674 e. The molecule has 5 aromatic rings. The standard InChI is InChI=1S/C19H14N3O.C11H15N2.H2O.Os/c1-12-3-4-13-5-6-18-17(19(23)16(13)7-12)8-14(9-20-18)15-10-21-22(2)11-15;12-7-9-6-10-4-2-1-3-5-11(10)13-8-9;;/h3-11H,1H2,2H3;6,8,12H,1-5,7H2;1H2;/q2*-1;;+1. The van der Waals surface area contributed by atoms with E-state index in [0.717, 1.165) is 40.5 Å². The molecule has 38 heavy (non-hydrogen) atoms. The minimum absolute atomic E-state index is 0. The molecule has 2 aromatic carbocycles. The minimum atomic E-state index is -0.0243. The first kappa shape index (κ1) is 29.1. The molecule has 7 nitrogen and oxygen atoms in total. The fourth-order valence-corrected chi connectivity index (χ4v) is 4.69. The Labute approximate surface area is 235 Å². The van der Waals surface area contributed by atoms with Crippen molar-refractivity contribution in [3.8, 4) is 11.1 Å². The number of fused-ring (bicyclic) bond motifs is 3. The van der Waals surface area contributed by atoms with Crippen LogP contribution in [-0.4, -0.2) is 25.2 Å². The van der Waals surface area contributed by atoms with Gasteiger partial charge in [0.15, 0.2) is 5.43 Å². The van der Waals surface area contributed by atoms with Crippen molar-refractivity contribution in [2.75, 3.05) is 0 Å². The molecule has 1 aliphatic rings. The van der Waals surface area contributed by atoms with E-state index in [1.165, 1.54) is 30.5 Å². The van der Waals surface area contributed by atoms with E-state index in [-0.39, 0.29) is 30.7 Å². The van der Waals surface area contributed by atoms with Crippen molar-refractivity contribution in [1.82, 2.24) is 19.7 Å². The molecule has 0 spiro atoms. The van der Waals surface area contributed by atoms with Crippen LogP contribution in [0.2, 0.25) is 0 Å². The van der Waals surface area contributed by atoms with Crippen LogP contribution in [0.15, 0.2) is 72.0 Å². The molecule has 6 rings (SSSR count). The Morgan fingerprint density at radius 1 is 0.921 bits per heavy atom. The second-order valence-corrected chi connectivity index (χ2v) is 9.33. The van der Waals surface area contributed by atoms with Gasteiger partial charge in [-0.2, -0.15) is 29.7 Å². The Kier molecular flexibility index (Phi) is 9.88. The number of pyridine rings is 2. The van der Waals surface area contributed by atoms with Gasteiger partial charge in [0.05, 0.1) is 11.7 Å². The van der Waals surface area contributed by atoms with Gasteiger partial charge >= 0.3 is 19.8 Å². The first-order valence-electron chi connectivity index (χ1n) is 12.3. The molecule has 1 aliphatic carbocycles. The number of nitrogens with zero attached hydrogens (tertiary/aromatic N) is 4. The molecule has 0 atom stereocenters. The van der Waals surface area contributed by atoms with Gasteiger partial charge in [-0.1, -0.05) is 24.1 Å². The molecule has 0 bridgehead atoms. The maximum absolute atomic E-state index is 12.9. The summed E-state index contributed by atoms with van der Waals surface area (Å²) < 4.78 is 1.73.